The van der Waals surface area contributed by atoms with Gasteiger partial charge in [0.25, 0.3) is 10.1 Å². The van der Waals surface area contributed by atoms with Gasteiger partial charge < -0.3 is 5.11 Å². The van der Waals surface area contributed by atoms with Gasteiger partial charge in [0, 0.05) is 29.0 Å². The summed E-state index contributed by atoms with van der Waals surface area (Å²) >= 11 is 10.9. The van der Waals surface area contributed by atoms with Crippen molar-refractivity contribution in [3.05, 3.63) is 0 Å². The van der Waals surface area contributed by atoms with Gasteiger partial charge in [0.1, 0.15) is 0 Å². The van der Waals surface area contributed by atoms with E-state index in [1.165, 1.54) is 0 Å². The number of rotatable bonds is 12. The standard InChI is InChI=1S/C7H15ClO3S.C6H13ClO.CH3ClO2S/c1-12(9,10)11-7-5-3-2-4-6-8;7-5-3-1-2-4-6-8;1-5(2,3)4/h2-7H2,1H3;8H,1-6H2;1H3. The van der Waals surface area contributed by atoms with E-state index in [2.05, 4.69) is 14.9 Å². The monoisotopic (exact) mass is 464 g/mol. The highest BCUT2D eigenvalue weighted by Gasteiger charge is 1.99. The van der Waals surface area contributed by atoms with Gasteiger partial charge in [-0.25, -0.2) is 8.42 Å². The third kappa shape index (κ3) is 58.9. The van der Waals surface area contributed by atoms with Crippen molar-refractivity contribution < 1.29 is 26.1 Å². The number of aliphatic hydroxyl groups is 1. The Kier molecular flexibility index (Phi) is 25.5. The molecular formula is C14H31Cl3O6S2. The third-order valence-corrected chi connectivity index (χ3v) is 3.50. The summed E-state index contributed by atoms with van der Waals surface area (Å²) in [6, 6.07) is 0. The van der Waals surface area contributed by atoms with Gasteiger partial charge in [-0.05, 0) is 25.7 Å². The minimum absolute atomic E-state index is 0.293. The molecule has 0 unspecified atom stereocenters. The first-order chi connectivity index (χ1) is 11.5. The van der Waals surface area contributed by atoms with Crippen LogP contribution in [0.4, 0.5) is 0 Å². The first kappa shape index (κ1) is 30.4. The highest BCUT2D eigenvalue weighted by molar-refractivity contribution is 8.13. The molecule has 0 fully saturated rings. The Balaban J connectivity index is -0.000000321. The molecule has 156 valence electrons. The minimum atomic E-state index is -3.24. The average Bonchev–Trinajstić information content (AvgIpc) is 2.45. The number of hydrogen-bond donors (Lipinski definition) is 1. The number of halogens is 3. The van der Waals surface area contributed by atoms with Crippen molar-refractivity contribution in [3.8, 4) is 0 Å². The summed E-state index contributed by atoms with van der Waals surface area (Å²) in [6.45, 7) is 0.614. The van der Waals surface area contributed by atoms with Crippen LogP contribution in [0.25, 0.3) is 0 Å². The normalized spacial score (nSPS) is 11.1. The molecule has 11 heteroatoms. The molecule has 0 heterocycles. The van der Waals surface area contributed by atoms with Crippen LogP contribution in [0.15, 0.2) is 0 Å². The van der Waals surface area contributed by atoms with Crippen molar-refractivity contribution in [3.63, 3.8) is 0 Å². The minimum Gasteiger partial charge on any atom is -0.396 e. The number of hydrogen-bond acceptors (Lipinski definition) is 6. The Labute approximate surface area is 167 Å². The second kappa shape index (κ2) is 21.0. The molecule has 0 saturated carbocycles. The zero-order chi connectivity index (χ0) is 20.2. The van der Waals surface area contributed by atoms with Crippen LogP contribution in [0.1, 0.15) is 51.4 Å². The van der Waals surface area contributed by atoms with Crippen molar-refractivity contribution in [1.29, 1.82) is 0 Å². The molecule has 0 atom stereocenters. The highest BCUT2D eigenvalue weighted by atomic mass is 35.7. The lowest BCUT2D eigenvalue weighted by molar-refractivity contribution is 0.283. The van der Waals surface area contributed by atoms with E-state index in [9.17, 15) is 16.8 Å². The van der Waals surface area contributed by atoms with Crippen molar-refractivity contribution in [1.82, 2.24) is 0 Å². The molecule has 0 aliphatic heterocycles. The number of alkyl halides is 2. The quantitative estimate of drug-likeness (QED) is 0.204. The predicted molar refractivity (Wildman–Crippen MR) is 107 cm³/mol. The van der Waals surface area contributed by atoms with E-state index in [1.54, 1.807) is 0 Å². The summed E-state index contributed by atoms with van der Waals surface area (Å²) in [5.74, 6) is 1.43. The Bertz CT molecular complexity index is 441. The van der Waals surface area contributed by atoms with Crippen LogP contribution in [-0.2, 0) is 23.4 Å². The molecule has 0 rings (SSSR count). The van der Waals surface area contributed by atoms with Gasteiger partial charge in [0.2, 0.25) is 9.05 Å². The molecule has 0 aromatic heterocycles. The second-order valence-corrected chi connectivity index (χ2v) is 10.6. The lowest BCUT2D eigenvalue weighted by atomic mass is 10.2. The Morgan fingerprint density at radius 1 is 0.760 bits per heavy atom. The van der Waals surface area contributed by atoms with E-state index >= 15 is 0 Å². The van der Waals surface area contributed by atoms with Crippen LogP contribution >= 0.6 is 33.9 Å². The summed E-state index contributed by atoms with van der Waals surface area (Å²) in [4.78, 5) is 0. The van der Waals surface area contributed by atoms with Gasteiger partial charge in [-0.2, -0.15) is 8.42 Å². The summed E-state index contributed by atoms with van der Waals surface area (Å²) in [5, 5.41) is 8.33. The molecule has 0 aliphatic rings. The van der Waals surface area contributed by atoms with E-state index < -0.39 is 19.2 Å². The number of unbranched alkanes of at least 4 members (excludes halogenated alkanes) is 6. The SMILES string of the molecule is CS(=O)(=O)Cl.CS(=O)(=O)OCCCCCCCl.OCCCCCCCl. The van der Waals surface area contributed by atoms with Crippen LogP contribution in [0.3, 0.4) is 0 Å². The summed E-state index contributed by atoms with van der Waals surface area (Å²) in [6.07, 6.45) is 10.1. The maximum absolute atomic E-state index is 10.5. The smallest absolute Gasteiger partial charge is 0.264 e. The van der Waals surface area contributed by atoms with Gasteiger partial charge in [-0.1, -0.05) is 25.7 Å². The fourth-order valence-electron chi connectivity index (χ4n) is 1.32. The predicted octanol–water partition coefficient (Wildman–Crippen LogP) is 3.72. The van der Waals surface area contributed by atoms with Gasteiger partial charge in [-0.15, -0.1) is 23.2 Å². The lowest BCUT2D eigenvalue weighted by Crippen LogP contribution is -2.03. The highest BCUT2D eigenvalue weighted by Crippen LogP contribution is 2.02. The topological polar surface area (TPSA) is 97.7 Å². The van der Waals surface area contributed by atoms with Gasteiger partial charge >= 0.3 is 0 Å². The van der Waals surface area contributed by atoms with E-state index in [0.29, 0.717) is 19.1 Å². The van der Waals surface area contributed by atoms with Crippen LogP contribution in [0.2, 0.25) is 0 Å². The largest absolute Gasteiger partial charge is 0.396 e. The molecule has 0 spiro atoms. The zero-order valence-corrected chi connectivity index (χ0v) is 18.8. The molecule has 0 aliphatic carbocycles. The maximum Gasteiger partial charge on any atom is 0.264 e. The summed E-state index contributed by atoms with van der Waals surface area (Å²) < 4.78 is 44.3. The molecule has 0 radical (unpaired) electrons. The van der Waals surface area contributed by atoms with E-state index in [0.717, 1.165) is 69.8 Å². The molecule has 0 saturated heterocycles. The van der Waals surface area contributed by atoms with Crippen LogP contribution in [-0.4, -0.2) is 59.4 Å². The Morgan fingerprint density at radius 2 is 1.12 bits per heavy atom. The molecule has 0 amide bonds. The molecule has 1 N–H and O–H groups in total. The van der Waals surface area contributed by atoms with Crippen LogP contribution < -0.4 is 0 Å². The second-order valence-electron chi connectivity index (χ2n) is 5.14. The third-order valence-electron chi connectivity index (χ3n) is 2.37. The van der Waals surface area contributed by atoms with E-state index in [-0.39, 0.29) is 0 Å². The van der Waals surface area contributed by atoms with Gasteiger partial charge in [0.15, 0.2) is 0 Å². The van der Waals surface area contributed by atoms with Crippen molar-refractivity contribution in [2.45, 2.75) is 51.4 Å². The molecule has 6 nitrogen and oxygen atoms in total. The zero-order valence-electron chi connectivity index (χ0n) is 14.9. The molecule has 0 aromatic carbocycles. The first-order valence-electron chi connectivity index (χ1n) is 7.94. The molecule has 0 aromatic rings. The maximum atomic E-state index is 10.5. The van der Waals surface area contributed by atoms with Crippen LogP contribution in [0.5, 0.6) is 0 Å². The Morgan fingerprint density at radius 3 is 1.44 bits per heavy atom. The van der Waals surface area contributed by atoms with Crippen molar-refractivity contribution in [2.75, 3.05) is 37.5 Å². The summed E-state index contributed by atoms with van der Waals surface area (Å²) in [7, 11) is -1.94. The Hall–Kier alpha value is 0.690. The fourth-order valence-corrected chi connectivity index (χ4v) is 2.12. The molecular weight excluding hydrogens is 435 g/mol. The van der Waals surface area contributed by atoms with Crippen molar-refractivity contribution in [2.24, 2.45) is 0 Å². The van der Waals surface area contributed by atoms with Crippen LogP contribution in [0, 0.1) is 0 Å². The van der Waals surface area contributed by atoms with E-state index in [1.807, 2.05) is 0 Å². The van der Waals surface area contributed by atoms with Gasteiger partial charge in [-0.3, -0.25) is 4.18 Å². The van der Waals surface area contributed by atoms with E-state index in [4.69, 9.17) is 28.3 Å². The molecule has 0 bridgehead atoms. The van der Waals surface area contributed by atoms with Crippen molar-refractivity contribution >= 4 is 53.1 Å². The average molecular weight is 466 g/mol. The molecule has 25 heavy (non-hydrogen) atoms. The van der Waals surface area contributed by atoms with Gasteiger partial charge in [0.05, 0.1) is 19.1 Å². The number of aliphatic hydroxyl groups excluding tert-OH is 1. The fraction of sp³-hybridized carbons (Fsp3) is 1.00. The first-order valence-corrected chi connectivity index (χ1v) is 13.5. The summed E-state index contributed by atoms with van der Waals surface area (Å²) in [5.41, 5.74) is 0. The lowest BCUT2D eigenvalue weighted by Gasteiger charge is -1.99.